The summed E-state index contributed by atoms with van der Waals surface area (Å²) in [7, 11) is 0. The molecular weight excluding hydrogens is 248 g/mol. The number of carbonyl (C=O) groups excluding carboxylic acids is 1. The van der Waals surface area contributed by atoms with Crippen LogP contribution in [0.3, 0.4) is 0 Å². The third-order valence-corrected chi connectivity index (χ3v) is 4.63. The lowest BCUT2D eigenvalue weighted by Gasteiger charge is -2.30. The molecular formula is C17H26N2O. The van der Waals surface area contributed by atoms with Gasteiger partial charge in [0.05, 0.1) is 12.1 Å². The third kappa shape index (κ3) is 2.88. The fraction of sp³-hybridized carbons (Fsp3) is 0.588. The van der Waals surface area contributed by atoms with E-state index in [9.17, 15) is 4.79 Å². The van der Waals surface area contributed by atoms with Gasteiger partial charge in [-0.3, -0.25) is 4.79 Å². The number of likely N-dealkylation sites (tertiary alicyclic amines) is 1. The molecule has 1 aliphatic rings. The second kappa shape index (κ2) is 6.40. The molecule has 2 N–H and O–H groups in total. The van der Waals surface area contributed by atoms with Crippen LogP contribution in [0.15, 0.2) is 24.3 Å². The van der Waals surface area contributed by atoms with Crippen molar-refractivity contribution in [2.75, 3.05) is 6.54 Å². The van der Waals surface area contributed by atoms with Crippen LogP contribution in [0.4, 0.5) is 0 Å². The van der Waals surface area contributed by atoms with E-state index in [2.05, 4.69) is 39.0 Å². The summed E-state index contributed by atoms with van der Waals surface area (Å²) in [6.07, 6.45) is 3.05. The van der Waals surface area contributed by atoms with Crippen molar-refractivity contribution in [1.82, 2.24) is 4.90 Å². The van der Waals surface area contributed by atoms with Crippen LogP contribution in [0, 0.1) is 12.8 Å². The summed E-state index contributed by atoms with van der Waals surface area (Å²) in [4.78, 5) is 14.6. The molecule has 1 fully saturated rings. The Morgan fingerprint density at radius 3 is 2.80 bits per heavy atom. The number of nitrogens with two attached hydrogens (primary N) is 1. The minimum atomic E-state index is -0.371. The first-order valence-corrected chi connectivity index (χ1v) is 7.67. The Balaban J connectivity index is 2.19. The average molecular weight is 274 g/mol. The maximum Gasteiger partial charge on any atom is 0.240 e. The van der Waals surface area contributed by atoms with Crippen molar-refractivity contribution in [3.05, 3.63) is 35.4 Å². The van der Waals surface area contributed by atoms with Gasteiger partial charge < -0.3 is 10.6 Å². The van der Waals surface area contributed by atoms with Gasteiger partial charge in [0.25, 0.3) is 0 Å². The van der Waals surface area contributed by atoms with Gasteiger partial charge in [-0.2, -0.15) is 0 Å². The standard InChI is InChI=1S/C17H26N2O/c1-4-12(2)16(18)17(20)19-11-7-10-15(19)14-9-6-5-8-13(14)3/h5-6,8-9,12,15-16H,4,7,10-11,18H2,1-3H3/t12-,15?,16-/m0/s1. The first kappa shape index (κ1) is 15.0. The molecule has 3 heteroatoms. The molecule has 1 aliphatic heterocycles. The Morgan fingerprint density at radius 1 is 1.45 bits per heavy atom. The Labute approximate surface area is 122 Å². The molecule has 20 heavy (non-hydrogen) atoms. The molecule has 2 rings (SSSR count). The molecule has 1 amide bonds. The maximum atomic E-state index is 12.6. The number of rotatable bonds is 4. The fourth-order valence-electron chi connectivity index (χ4n) is 3.00. The van der Waals surface area contributed by atoms with Crippen molar-refractivity contribution in [3.63, 3.8) is 0 Å². The molecule has 0 aliphatic carbocycles. The zero-order chi connectivity index (χ0) is 14.7. The first-order chi connectivity index (χ1) is 9.56. The van der Waals surface area contributed by atoms with E-state index in [1.165, 1.54) is 11.1 Å². The normalized spacial score (nSPS) is 21.8. The SMILES string of the molecule is CC[C@H](C)[C@H](N)C(=O)N1CCCC1c1ccccc1C. The van der Waals surface area contributed by atoms with E-state index in [1.807, 2.05) is 11.0 Å². The fourth-order valence-corrected chi connectivity index (χ4v) is 3.00. The minimum Gasteiger partial charge on any atom is -0.334 e. The lowest BCUT2D eigenvalue weighted by atomic mass is 9.96. The van der Waals surface area contributed by atoms with Gasteiger partial charge in [0, 0.05) is 6.54 Å². The zero-order valence-corrected chi connectivity index (χ0v) is 12.8. The van der Waals surface area contributed by atoms with Gasteiger partial charge in [0.15, 0.2) is 0 Å². The predicted molar refractivity (Wildman–Crippen MR) is 82.3 cm³/mol. The summed E-state index contributed by atoms with van der Waals surface area (Å²) in [5.74, 6) is 0.353. The Kier molecular flexibility index (Phi) is 4.81. The molecule has 1 heterocycles. The van der Waals surface area contributed by atoms with Crippen molar-refractivity contribution in [3.8, 4) is 0 Å². The Morgan fingerprint density at radius 2 is 2.15 bits per heavy atom. The van der Waals surface area contributed by atoms with E-state index in [4.69, 9.17) is 5.73 Å². The summed E-state index contributed by atoms with van der Waals surface area (Å²) >= 11 is 0. The molecule has 0 saturated carbocycles. The molecule has 3 nitrogen and oxygen atoms in total. The minimum absolute atomic E-state index is 0.116. The van der Waals surface area contributed by atoms with Gasteiger partial charge >= 0.3 is 0 Å². The highest BCUT2D eigenvalue weighted by atomic mass is 16.2. The van der Waals surface area contributed by atoms with Crippen molar-refractivity contribution < 1.29 is 4.79 Å². The van der Waals surface area contributed by atoms with E-state index < -0.39 is 0 Å². The van der Waals surface area contributed by atoms with Crippen molar-refractivity contribution in [2.24, 2.45) is 11.7 Å². The van der Waals surface area contributed by atoms with Crippen LogP contribution in [-0.2, 0) is 4.79 Å². The Bertz CT molecular complexity index is 472. The molecule has 110 valence electrons. The summed E-state index contributed by atoms with van der Waals surface area (Å²) in [5.41, 5.74) is 8.67. The van der Waals surface area contributed by atoms with Crippen LogP contribution in [0.5, 0.6) is 0 Å². The zero-order valence-electron chi connectivity index (χ0n) is 12.8. The molecule has 1 aromatic rings. The summed E-state index contributed by atoms with van der Waals surface area (Å²) in [5, 5.41) is 0. The number of aryl methyl sites for hydroxylation is 1. The quantitative estimate of drug-likeness (QED) is 0.917. The second-order valence-electron chi connectivity index (χ2n) is 5.96. The topological polar surface area (TPSA) is 46.3 Å². The number of hydrogen-bond donors (Lipinski definition) is 1. The second-order valence-corrected chi connectivity index (χ2v) is 5.96. The van der Waals surface area contributed by atoms with Crippen molar-refractivity contribution in [1.29, 1.82) is 0 Å². The number of nitrogens with zero attached hydrogens (tertiary/aromatic N) is 1. The highest BCUT2D eigenvalue weighted by Crippen LogP contribution is 2.34. The van der Waals surface area contributed by atoms with Crippen LogP contribution < -0.4 is 5.73 Å². The third-order valence-electron chi connectivity index (χ3n) is 4.63. The van der Waals surface area contributed by atoms with Crippen LogP contribution >= 0.6 is 0 Å². The van der Waals surface area contributed by atoms with Gasteiger partial charge in [-0.05, 0) is 36.8 Å². The molecule has 3 atom stereocenters. The first-order valence-electron chi connectivity index (χ1n) is 7.67. The average Bonchev–Trinajstić information content (AvgIpc) is 2.94. The summed E-state index contributed by atoms with van der Waals surface area (Å²) in [6.45, 7) is 7.09. The number of carbonyl (C=O) groups is 1. The maximum absolute atomic E-state index is 12.6. The molecule has 0 bridgehead atoms. The van der Waals surface area contributed by atoms with Crippen LogP contribution in [0.2, 0.25) is 0 Å². The lowest BCUT2D eigenvalue weighted by molar-refractivity contribution is -0.134. The highest BCUT2D eigenvalue weighted by molar-refractivity contribution is 5.82. The van der Waals surface area contributed by atoms with E-state index in [-0.39, 0.29) is 23.9 Å². The van der Waals surface area contributed by atoms with Gasteiger partial charge in [-0.1, -0.05) is 44.5 Å². The molecule has 0 spiro atoms. The highest BCUT2D eigenvalue weighted by Gasteiger charge is 2.34. The molecule has 1 aromatic carbocycles. The monoisotopic (exact) mass is 274 g/mol. The molecule has 1 unspecified atom stereocenters. The number of hydrogen-bond acceptors (Lipinski definition) is 2. The van der Waals surface area contributed by atoms with Gasteiger partial charge in [-0.15, -0.1) is 0 Å². The van der Waals surface area contributed by atoms with E-state index in [1.54, 1.807) is 0 Å². The van der Waals surface area contributed by atoms with Crippen LogP contribution in [-0.4, -0.2) is 23.4 Å². The van der Waals surface area contributed by atoms with Gasteiger partial charge in [0.1, 0.15) is 0 Å². The van der Waals surface area contributed by atoms with E-state index in [0.29, 0.717) is 0 Å². The van der Waals surface area contributed by atoms with Crippen LogP contribution in [0.1, 0.15) is 50.3 Å². The lowest BCUT2D eigenvalue weighted by Crippen LogP contribution is -2.46. The largest absolute Gasteiger partial charge is 0.334 e. The number of amides is 1. The van der Waals surface area contributed by atoms with Gasteiger partial charge in [-0.25, -0.2) is 0 Å². The van der Waals surface area contributed by atoms with Crippen molar-refractivity contribution >= 4 is 5.91 Å². The molecule has 1 saturated heterocycles. The molecule has 0 aromatic heterocycles. The Hall–Kier alpha value is -1.35. The van der Waals surface area contributed by atoms with Gasteiger partial charge in [0.2, 0.25) is 5.91 Å². The summed E-state index contributed by atoms with van der Waals surface area (Å²) < 4.78 is 0. The van der Waals surface area contributed by atoms with Crippen molar-refractivity contribution in [2.45, 2.75) is 52.1 Å². The van der Waals surface area contributed by atoms with Crippen LogP contribution in [0.25, 0.3) is 0 Å². The number of benzene rings is 1. The smallest absolute Gasteiger partial charge is 0.240 e. The van der Waals surface area contributed by atoms with E-state index >= 15 is 0 Å². The predicted octanol–water partition coefficient (Wildman–Crippen LogP) is 3.03. The molecule has 0 radical (unpaired) electrons. The van der Waals surface area contributed by atoms with E-state index in [0.717, 1.165) is 25.8 Å². The summed E-state index contributed by atoms with van der Waals surface area (Å²) in [6, 6.07) is 8.19.